The molecule has 8 heteroatoms. The number of methoxy groups -OCH3 is 2. The van der Waals surface area contributed by atoms with Gasteiger partial charge in [0.05, 0.1) is 14.2 Å². The topological polar surface area (TPSA) is 74.3 Å². The summed E-state index contributed by atoms with van der Waals surface area (Å²) < 4.78 is 36.2. The Bertz CT molecular complexity index is 1540. The molecular formula is C33H28FNO6. The van der Waals surface area contributed by atoms with Gasteiger partial charge >= 0.3 is 6.09 Å². The predicted octanol–water partition coefficient (Wildman–Crippen LogP) is 6.93. The molecular weight excluding hydrogens is 525 g/mol. The van der Waals surface area contributed by atoms with Crippen LogP contribution in [0.4, 0.5) is 14.9 Å². The number of anilines is 1. The summed E-state index contributed by atoms with van der Waals surface area (Å²) in [6.07, 6.45) is 1.45. The largest absolute Gasteiger partial charge is 0.497 e. The van der Waals surface area contributed by atoms with Crippen molar-refractivity contribution in [3.05, 3.63) is 132 Å². The number of rotatable bonds is 10. The van der Waals surface area contributed by atoms with Gasteiger partial charge in [0.15, 0.2) is 5.78 Å². The Balaban J connectivity index is 1.54. The maximum atomic E-state index is 13.4. The fourth-order valence-electron chi connectivity index (χ4n) is 4.61. The van der Waals surface area contributed by atoms with E-state index in [0.717, 1.165) is 5.56 Å². The first kappa shape index (κ1) is 27.5. The highest BCUT2D eigenvalue weighted by atomic mass is 19.1. The molecule has 1 heterocycles. The molecule has 0 saturated carbocycles. The molecule has 0 radical (unpaired) electrons. The smallest absolute Gasteiger partial charge is 0.415 e. The van der Waals surface area contributed by atoms with E-state index < -0.39 is 24.1 Å². The summed E-state index contributed by atoms with van der Waals surface area (Å²) in [5, 5.41) is 0. The molecule has 0 unspecified atom stereocenters. The molecule has 0 aliphatic carbocycles. The van der Waals surface area contributed by atoms with Crippen LogP contribution in [0.15, 0.2) is 109 Å². The minimum Gasteiger partial charge on any atom is -0.497 e. The van der Waals surface area contributed by atoms with Gasteiger partial charge in [0.25, 0.3) is 0 Å². The quantitative estimate of drug-likeness (QED) is 0.157. The Morgan fingerprint density at radius 2 is 1.59 bits per heavy atom. The first-order chi connectivity index (χ1) is 20.0. The van der Waals surface area contributed by atoms with E-state index in [2.05, 4.69) is 0 Å². The molecule has 7 nitrogen and oxygen atoms in total. The summed E-state index contributed by atoms with van der Waals surface area (Å²) >= 11 is 0. The summed E-state index contributed by atoms with van der Waals surface area (Å²) in [5.74, 6) is 0.927. The van der Waals surface area contributed by atoms with Crippen molar-refractivity contribution in [2.45, 2.75) is 18.8 Å². The molecule has 0 aromatic heterocycles. The van der Waals surface area contributed by atoms with Crippen LogP contribution in [0.25, 0.3) is 0 Å². The lowest BCUT2D eigenvalue weighted by Crippen LogP contribution is -2.29. The predicted molar refractivity (Wildman–Crippen MR) is 152 cm³/mol. The van der Waals surface area contributed by atoms with E-state index in [1.807, 2.05) is 36.4 Å². The SMILES string of the molecule is COc1ccc(N2C(=O)O[C@H](C=CC(=O)c3ccc(F)cc3)[C@H]2c2ccc(OC)cc2OCc2ccccc2)cc1. The average molecular weight is 554 g/mol. The molecule has 1 amide bonds. The lowest BCUT2D eigenvalue weighted by molar-refractivity contribution is 0.104. The highest BCUT2D eigenvalue weighted by Crippen LogP contribution is 2.43. The van der Waals surface area contributed by atoms with Crippen molar-refractivity contribution in [3.8, 4) is 17.2 Å². The van der Waals surface area contributed by atoms with E-state index in [1.54, 1.807) is 56.7 Å². The number of carbonyl (C=O) groups excluding carboxylic acids is 2. The Morgan fingerprint density at radius 3 is 2.27 bits per heavy atom. The fraction of sp³-hybridized carbons (Fsp3) is 0.152. The summed E-state index contributed by atoms with van der Waals surface area (Å²) in [6.45, 7) is 0.286. The second kappa shape index (κ2) is 12.4. The number of benzene rings is 4. The second-order valence-electron chi connectivity index (χ2n) is 9.27. The van der Waals surface area contributed by atoms with E-state index in [1.165, 1.54) is 35.2 Å². The number of amides is 1. The summed E-state index contributed by atoms with van der Waals surface area (Å²) in [7, 11) is 3.13. The van der Waals surface area contributed by atoms with Gasteiger partial charge in [0.1, 0.15) is 41.8 Å². The van der Waals surface area contributed by atoms with Crippen LogP contribution in [-0.4, -0.2) is 32.2 Å². The van der Waals surface area contributed by atoms with Crippen molar-refractivity contribution in [1.29, 1.82) is 0 Å². The Hall–Kier alpha value is -5.11. The highest BCUT2D eigenvalue weighted by molar-refractivity contribution is 6.04. The Labute approximate surface area is 237 Å². The first-order valence-corrected chi connectivity index (χ1v) is 12.9. The molecule has 5 rings (SSSR count). The molecule has 0 N–H and O–H groups in total. The van der Waals surface area contributed by atoms with Crippen molar-refractivity contribution in [3.63, 3.8) is 0 Å². The van der Waals surface area contributed by atoms with Gasteiger partial charge in [0.2, 0.25) is 0 Å². The summed E-state index contributed by atoms with van der Waals surface area (Å²) in [6, 6.07) is 26.7. The van der Waals surface area contributed by atoms with Crippen molar-refractivity contribution in [1.82, 2.24) is 0 Å². The normalized spacial score (nSPS) is 16.5. The van der Waals surface area contributed by atoms with Crippen LogP contribution in [0.5, 0.6) is 17.2 Å². The van der Waals surface area contributed by atoms with Gasteiger partial charge in [0, 0.05) is 22.9 Å². The molecule has 4 aromatic rings. The van der Waals surface area contributed by atoms with E-state index in [0.29, 0.717) is 34.1 Å². The minimum atomic E-state index is -0.846. The Morgan fingerprint density at radius 1 is 0.902 bits per heavy atom. The third-order valence-corrected chi connectivity index (χ3v) is 6.72. The lowest BCUT2D eigenvalue weighted by atomic mass is 9.97. The molecule has 1 fully saturated rings. The van der Waals surface area contributed by atoms with E-state index in [4.69, 9.17) is 18.9 Å². The molecule has 0 spiro atoms. The third-order valence-electron chi connectivity index (χ3n) is 6.72. The molecule has 1 aliphatic rings. The first-order valence-electron chi connectivity index (χ1n) is 12.9. The zero-order valence-corrected chi connectivity index (χ0v) is 22.5. The molecule has 4 aromatic carbocycles. The lowest BCUT2D eigenvalue weighted by Gasteiger charge is -2.26. The van der Waals surface area contributed by atoms with Crippen molar-refractivity contribution in [2.75, 3.05) is 19.1 Å². The van der Waals surface area contributed by atoms with Crippen LogP contribution in [0.1, 0.15) is 27.5 Å². The summed E-state index contributed by atoms with van der Waals surface area (Å²) in [5.41, 5.74) is 2.51. The van der Waals surface area contributed by atoms with Crippen LogP contribution in [0.3, 0.4) is 0 Å². The molecule has 2 atom stereocenters. The van der Waals surface area contributed by atoms with E-state index in [-0.39, 0.29) is 12.4 Å². The van der Waals surface area contributed by atoms with E-state index >= 15 is 0 Å². The van der Waals surface area contributed by atoms with Crippen LogP contribution >= 0.6 is 0 Å². The maximum absolute atomic E-state index is 13.4. The third kappa shape index (κ3) is 6.22. The number of halogens is 1. The van der Waals surface area contributed by atoms with Crippen LogP contribution in [0.2, 0.25) is 0 Å². The van der Waals surface area contributed by atoms with Gasteiger partial charge in [-0.1, -0.05) is 30.3 Å². The van der Waals surface area contributed by atoms with Crippen molar-refractivity contribution in [2.24, 2.45) is 0 Å². The van der Waals surface area contributed by atoms with Crippen LogP contribution in [-0.2, 0) is 11.3 Å². The number of nitrogens with zero attached hydrogens (tertiary/aromatic N) is 1. The van der Waals surface area contributed by atoms with Gasteiger partial charge in [-0.25, -0.2) is 9.18 Å². The van der Waals surface area contributed by atoms with Crippen LogP contribution < -0.4 is 19.1 Å². The van der Waals surface area contributed by atoms with Gasteiger partial charge in [-0.3, -0.25) is 9.69 Å². The van der Waals surface area contributed by atoms with Gasteiger partial charge in [-0.15, -0.1) is 0 Å². The zero-order chi connectivity index (χ0) is 28.8. The molecule has 0 bridgehead atoms. The van der Waals surface area contributed by atoms with E-state index in [9.17, 15) is 14.0 Å². The monoisotopic (exact) mass is 553 g/mol. The number of hydrogen-bond donors (Lipinski definition) is 0. The van der Waals surface area contributed by atoms with Gasteiger partial charge < -0.3 is 18.9 Å². The second-order valence-corrected chi connectivity index (χ2v) is 9.27. The standard InChI is InChI=1S/C33H28FNO6/c1-38-26-14-12-25(13-15-26)35-32(30(41-33(35)37)19-18-29(36)23-8-10-24(34)11-9-23)28-17-16-27(39-2)20-31(28)40-21-22-6-4-3-5-7-22/h3-20,30,32H,21H2,1-2H3/t30-,32-/m1/s1. The fourth-order valence-corrected chi connectivity index (χ4v) is 4.61. The highest BCUT2D eigenvalue weighted by Gasteiger charge is 2.44. The number of allylic oxidation sites excluding steroid dienone is 1. The molecule has 208 valence electrons. The van der Waals surface area contributed by atoms with Crippen molar-refractivity contribution >= 4 is 17.6 Å². The number of carbonyl (C=O) groups is 2. The zero-order valence-electron chi connectivity index (χ0n) is 22.5. The van der Waals surface area contributed by atoms with Gasteiger partial charge in [-0.05, 0) is 78.4 Å². The van der Waals surface area contributed by atoms with Gasteiger partial charge in [-0.2, -0.15) is 0 Å². The van der Waals surface area contributed by atoms with Crippen molar-refractivity contribution < 1.29 is 32.9 Å². The Kier molecular flexibility index (Phi) is 8.29. The molecule has 41 heavy (non-hydrogen) atoms. The summed E-state index contributed by atoms with van der Waals surface area (Å²) in [4.78, 5) is 27.7. The minimum absolute atomic E-state index is 0.286. The number of ketones is 1. The number of ether oxygens (including phenoxy) is 4. The maximum Gasteiger partial charge on any atom is 0.415 e. The van der Waals surface area contributed by atoms with Crippen LogP contribution in [0, 0.1) is 5.82 Å². The molecule has 1 aliphatic heterocycles. The molecule has 1 saturated heterocycles. The number of cyclic esters (lactones) is 1. The number of hydrogen-bond acceptors (Lipinski definition) is 6. The average Bonchev–Trinajstić information content (AvgIpc) is 3.34.